The van der Waals surface area contributed by atoms with E-state index in [1.807, 2.05) is 0 Å². The zero-order valence-electron chi connectivity index (χ0n) is 15.0. The van der Waals surface area contributed by atoms with Crippen LogP contribution in [0.2, 0.25) is 0 Å². The van der Waals surface area contributed by atoms with Crippen molar-refractivity contribution >= 4 is 0 Å². The van der Waals surface area contributed by atoms with E-state index >= 15 is 0 Å². The summed E-state index contributed by atoms with van der Waals surface area (Å²) >= 11 is 0. The highest BCUT2D eigenvalue weighted by molar-refractivity contribution is 5.06. The molecule has 4 unspecified atom stereocenters. The van der Waals surface area contributed by atoms with E-state index in [1.54, 1.807) is 6.92 Å². The zero-order valence-corrected chi connectivity index (χ0v) is 15.0. The maximum absolute atomic E-state index is 11.7. The maximum atomic E-state index is 11.7. The molecule has 140 valence electrons. The van der Waals surface area contributed by atoms with Crippen molar-refractivity contribution in [1.82, 2.24) is 0 Å². The molecule has 1 aliphatic carbocycles. The maximum Gasteiger partial charge on any atom is 0.193 e. The summed E-state index contributed by atoms with van der Waals surface area (Å²) < 4.78 is 17.6. The van der Waals surface area contributed by atoms with E-state index in [0.717, 1.165) is 19.3 Å². The normalized spacial score (nSPS) is 51.8. The molecule has 6 nitrogen and oxygen atoms in total. The van der Waals surface area contributed by atoms with E-state index in [2.05, 4.69) is 13.8 Å². The summed E-state index contributed by atoms with van der Waals surface area (Å²) in [6, 6.07) is 0. The molecule has 2 aliphatic heterocycles. The molecule has 24 heavy (non-hydrogen) atoms. The van der Waals surface area contributed by atoms with Crippen molar-refractivity contribution in [2.45, 2.75) is 76.8 Å². The molecule has 0 spiro atoms. The van der Waals surface area contributed by atoms with Crippen molar-refractivity contribution in [2.24, 2.45) is 23.7 Å². The Hall–Kier alpha value is -0.240. The molecule has 3 aliphatic rings. The smallest absolute Gasteiger partial charge is 0.193 e. The predicted octanol–water partition coefficient (Wildman–Crippen LogP) is 1.62. The minimum atomic E-state index is -1.31. The first-order chi connectivity index (χ1) is 11.3. The third kappa shape index (κ3) is 3.13. The number of hydrogen-bond donors (Lipinski definition) is 3. The fourth-order valence-corrected chi connectivity index (χ4v) is 4.99. The second-order valence-corrected chi connectivity index (χ2v) is 8.13. The van der Waals surface area contributed by atoms with Crippen LogP contribution in [-0.4, -0.2) is 52.5 Å². The first-order valence-corrected chi connectivity index (χ1v) is 9.30. The van der Waals surface area contributed by atoms with Crippen LogP contribution in [-0.2, 0) is 14.2 Å². The standard InChI is InChI=1S/C18H32O6/c1-11-5-6-14-12(2)15(22-10-4-9-19)23-16-18(14,21)13(11)7-8-17(3,20)24-16/h11-16,19-21H,4-10H2,1-3H3/t11-,12-,13?,14?,15?,16-,17?,18-/m1/s1. The molecule has 2 heterocycles. The van der Waals surface area contributed by atoms with Gasteiger partial charge in [0.1, 0.15) is 5.60 Å². The summed E-state index contributed by atoms with van der Waals surface area (Å²) in [5.41, 5.74) is -1.09. The Morgan fingerprint density at radius 2 is 1.88 bits per heavy atom. The van der Waals surface area contributed by atoms with Crippen LogP contribution in [0.25, 0.3) is 0 Å². The average Bonchev–Trinajstić information content (AvgIpc) is 2.61. The predicted molar refractivity (Wildman–Crippen MR) is 86.8 cm³/mol. The van der Waals surface area contributed by atoms with E-state index in [4.69, 9.17) is 19.3 Å². The third-order valence-electron chi connectivity index (χ3n) is 6.37. The van der Waals surface area contributed by atoms with Gasteiger partial charge in [0.05, 0.1) is 6.61 Å². The van der Waals surface area contributed by atoms with Gasteiger partial charge in [-0.25, -0.2) is 0 Å². The van der Waals surface area contributed by atoms with Gasteiger partial charge in [-0.3, -0.25) is 0 Å². The summed E-state index contributed by atoms with van der Waals surface area (Å²) in [7, 11) is 0. The van der Waals surface area contributed by atoms with Gasteiger partial charge in [0.2, 0.25) is 0 Å². The quantitative estimate of drug-likeness (QED) is 0.672. The van der Waals surface area contributed by atoms with Gasteiger partial charge in [0.15, 0.2) is 18.4 Å². The van der Waals surface area contributed by atoms with Gasteiger partial charge in [0.25, 0.3) is 0 Å². The molecule has 6 heteroatoms. The second kappa shape index (κ2) is 6.82. The van der Waals surface area contributed by atoms with Crippen LogP contribution in [0.1, 0.15) is 52.9 Å². The fourth-order valence-electron chi connectivity index (χ4n) is 4.99. The Labute approximate surface area is 144 Å². The molecule has 8 atom stereocenters. The molecule has 0 bridgehead atoms. The van der Waals surface area contributed by atoms with Crippen molar-refractivity contribution in [1.29, 1.82) is 0 Å². The Kier molecular flexibility index (Phi) is 5.27. The molecule has 3 N–H and O–H groups in total. The van der Waals surface area contributed by atoms with Gasteiger partial charge >= 0.3 is 0 Å². The Morgan fingerprint density at radius 1 is 1.12 bits per heavy atom. The largest absolute Gasteiger partial charge is 0.396 e. The summed E-state index contributed by atoms with van der Waals surface area (Å²) in [5, 5.41) is 31.1. The second-order valence-electron chi connectivity index (χ2n) is 8.13. The van der Waals surface area contributed by atoms with E-state index in [-0.39, 0.29) is 24.4 Å². The molecule has 1 saturated carbocycles. The number of ether oxygens (including phenoxy) is 3. The van der Waals surface area contributed by atoms with Crippen LogP contribution in [0.15, 0.2) is 0 Å². The van der Waals surface area contributed by atoms with Gasteiger partial charge < -0.3 is 29.5 Å². The monoisotopic (exact) mass is 344 g/mol. The molecular formula is C18H32O6. The highest BCUT2D eigenvalue weighted by atomic mass is 16.8. The van der Waals surface area contributed by atoms with Crippen molar-refractivity contribution in [3.05, 3.63) is 0 Å². The van der Waals surface area contributed by atoms with Crippen LogP contribution < -0.4 is 0 Å². The Balaban J connectivity index is 1.88. The zero-order chi connectivity index (χ0) is 17.5. The molecule has 3 fully saturated rings. The Bertz CT molecular complexity index is 441. The lowest BCUT2D eigenvalue weighted by atomic mass is 9.58. The van der Waals surface area contributed by atoms with E-state index in [0.29, 0.717) is 25.4 Å². The Morgan fingerprint density at radius 3 is 2.58 bits per heavy atom. The van der Waals surface area contributed by atoms with Gasteiger partial charge in [0, 0.05) is 24.9 Å². The van der Waals surface area contributed by atoms with Crippen molar-refractivity contribution in [2.75, 3.05) is 13.2 Å². The molecule has 0 amide bonds. The van der Waals surface area contributed by atoms with E-state index in [9.17, 15) is 10.2 Å². The van der Waals surface area contributed by atoms with Gasteiger partial charge in [-0.05, 0) is 44.4 Å². The SMILES string of the molecule is C[C@H]1C(OCCCO)O[C@@H]2OC(C)(O)CCC3[C@H](C)CCC1[C@]32O. The summed E-state index contributed by atoms with van der Waals surface area (Å²) in [6.45, 7) is 6.34. The average molecular weight is 344 g/mol. The van der Waals surface area contributed by atoms with Gasteiger partial charge in [-0.2, -0.15) is 0 Å². The molecule has 3 rings (SSSR count). The van der Waals surface area contributed by atoms with Crippen LogP contribution >= 0.6 is 0 Å². The van der Waals surface area contributed by atoms with Crippen molar-refractivity contribution in [3.8, 4) is 0 Å². The lowest BCUT2D eigenvalue weighted by Gasteiger charge is -2.57. The third-order valence-corrected chi connectivity index (χ3v) is 6.37. The molecule has 0 aromatic heterocycles. The summed E-state index contributed by atoms with van der Waals surface area (Å²) in [6.07, 6.45) is 2.34. The molecule has 0 aromatic rings. The number of hydrogen-bond acceptors (Lipinski definition) is 6. The first-order valence-electron chi connectivity index (χ1n) is 9.30. The molecule has 2 saturated heterocycles. The first kappa shape index (κ1) is 18.5. The van der Waals surface area contributed by atoms with Crippen LogP contribution in [0.3, 0.4) is 0 Å². The highest BCUT2D eigenvalue weighted by Crippen LogP contribution is 2.55. The molecular weight excluding hydrogens is 312 g/mol. The minimum absolute atomic E-state index is 0.0190. The minimum Gasteiger partial charge on any atom is -0.396 e. The van der Waals surface area contributed by atoms with Crippen molar-refractivity contribution < 1.29 is 29.5 Å². The van der Waals surface area contributed by atoms with E-state index in [1.165, 1.54) is 0 Å². The van der Waals surface area contributed by atoms with Gasteiger partial charge in [-0.1, -0.05) is 13.8 Å². The van der Waals surface area contributed by atoms with E-state index < -0.39 is 24.0 Å². The van der Waals surface area contributed by atoms with Crippen LogP contribution in [0, 0.1) is 23.7 Å². The molecule has 0 aromatic carbocycles. The fraction of sp³-hybridized carbons (Fsp3) is 1.00. The molecule has 0 radical (unpaired) electrons. The lowest BCUT2D eigenvalue weighted by Crippen LogP contribution is -2.67. The number of rotatable bonds is 4. The van der Waals surface area contributed by atoms with Crippen LogP contribution in [0.4, 0.5) is 0 Å². The highest BCUT2D eigenvalue weighted by Gasteiger charge is 2.63. The number of aliphatic hydroxyl groups excluding tert-OH is 1. The lowest BCUT2D eigenvalue weighted by molar-refractivity contribution is -0.408. The number of aliphatic hydroxyl groups is 3. The van der Waals surface area contributed by atoms with Crippen molar-refractivity contribution in [3.63, 3.8) is 0 Å². The summed E-state index contributed by atoms with van der Waals surface area (Å²) in [4.78, 5) is 0. The summed E-state index contributed by atoms with van der Waals surface area (Å²) in [5.74, 6) is -0.833. The van der Waals surface area contributed by atoms with Crippen LogP contribution in [0.5, 0.6) is 0 Å². The topological polar surface area (TPSA) is 88.4 Å². The van der Waals surface area contributed by atoms with Gasteiger partial charge in [-0.15, -0.1) is 0 Å².